The fraction of sp³-hybridized carbons (Fsp3) is 0.167. The maximum Gasteiger partial charge on any atom is 0.412 e. The van der Waals surface area contributed by atoms with Crippen LogP contribution in [0.15, 0.2) is 66.9 Å². The lowest BCUT2D eigenvalue weighted by molar-refractivity contribution is -0.130. The van der Waals surface area contributed by atoms with Crippen LogP contribution in [0.1, 0.15) is 41.0 Å². The van der Waals surface area contributed by atoms with Crippen molar-refractivity contribution in [1.29, 1.82) is 0 Å². The third-order valence-electron chi connectivity index (χ3n) is 6.79. The lowest BCUT2D eigenvalue weighted by atomic mass is 9.81. The highest BCUT2D eigenvalue weighted by atomic mass is 19.2. The van der Waals surface area contributed by atoms with Crippen molar-refractivity contribution in [2.75, 3.05) is 6.54 Å². The van der Waals surface area contributed by atoms with Gasteiger partial charge in [-0.1, -0.05) is 26.0 Å². The molecule has 0 aliphatic carbocycles. The number of hydrogen-bond acceptors (Lipinski definition) is 4. The van der Waals surface area contributed by atoms with Gasteiger partial charge in [0.05, 0.1) is 11.3 Å². The second kappa shape index (κ2) is 10.5. The van der Waals surface area contributed by atoms with Crippen molar-refractivity contribution in [3.05, 3.63) is 107 Å². The van der Waals surface area contributed by atoms with Gasteiger partial charge in [0.2, 0.25) is 0 Å². The smallest absolute Gasteiger partial charge is 0.412 e. The van der Waals surface area contributed by atoms with Crippen LogP contribution in [0.5, 0.6) is 5.75 Å². The molecule has 0 saturated carbocycles. The average molecular weight is 564 g/mol. The van der Waals surface area contributed by atoms with Crippen LogP contribution in [-0.4, -0.2) is 39.5 Å². The number of amides is 2. The zero-order valence-electron chi connectivity index (χ0n) is 21.9. The van der Waals surface area contributed by atoms with Crippen LogP contribution in [0.3, 0.4) is 0 Å². The van der Waals surface area contributed by atoms with Gasteiger partial charge in [-0.2, -0.15) is 0 Å². The van der Waals surface area contributed by atoms with E-state index >= 15 is 0 Å². The Morgan fingerprint density at radius 3 is 2.41 bits per heavy atom. The lowest BCUT2D eigenvalue weighted by Crippen LogP contribution is -2.37. The predicted molar refractivity (Wildman–Crippen MR) is 144 cm³/mol. The Hall–Kier alpha value is -5.06. The number of aromatic amines is 1. The number of carbonyl (C=O) groups excluding carboxylic acids is 2. The van der Waals surface area contributed by atoms with Gasteiger partial charge < -0.3 is 25.0 Å². The number of nitrogens with one attached hydrogen (secondary N) is 2. The fourth-order valence-electron chi connectivity index (χ4n) is 4.92. The maximum absolute atomic E-state index is 13.8. The van der Waals surface area contributed by atoms with Crippen molar-refractivity contribution in [3.63, 3.8) is 0 Å². The Bertz CT molecular complexity index is 1730. The van der Waals surface area contributed by atoms with E-state index in [1.165, 1.54) is 35.4 Å². The van der Waals surface area contributed by atoms with Gasteiger partial charge in [-0.05, 0) is 53.6 Å². The van der Waals surface area contributed by atoms with E-state index in [4.69, 9.17) is 4.74 Å². The van der Waals surface area contributed by atoms with Crippen LogP contribution in [0.25, 0.3) is 16.5 Å². The fourth-order valence-corrected chi connectivity index (χ4v) is 4.92. The Morgan fingerprint density at radius 2 is 1.73 bits per heavy atom. The van der Waals surface area contributed by atoms with E-state index in [2.05, 4.69) is 10.3 Å². The summed E-state index contributed by atoms with van der Waals surface area (Å²) < 4.78 is 45.7. The van der Waals surface area contributed by atoms with E-state index in [1.54, 1.807) is 18.2 Å². The molecule has 1 aliphatic heterocycles. The Labute approximate surface area is 232 Å². The van der Waals surface area contributed by atoms with E-state index in [-0.39, 0.29) is 41.5 Å². The highest BCUT2D eigenvalue weighted by Crippen LogP contribution is 2.41. The molecule has 210 valence electrons. The largest absolute Gasteiger partial charge is 0.478 e. The van der Waals surface area contributed by atoms with Crippen LogP contribution in [0, 0.1) is 17.5 Å². The van der Waals surface area contributed by atoms with E-state index in [9.17, 15) is 32.7 Å². The molecule has 2 heterocycles. The zero-order valence-corrected chi connectivity index (χ0v) is 21.9. The van der Waals surface area contributed by atoms with Gasteiger partial charge in [-0.15, -0.1) is 0 Å². The summed E-state index contributed by atoms with van der Waals surface area (Å²) in [6.45, 7) is 3.82. The molecule has 0 radical (unpaired) electrons. The molecule has 8 nitrogen and oxygen atoms in total. The van der Waals surface area contributed by atoms with E-state index in [1.807, 2.05) is 13.8 Å². The number of carboxylic acid groups (broad SMARTS) is 1. The highest BCUT2D eigenvalue weighted by Gasteiger charge is 2.37. The molecule has 0 atom stereocenters. The van der Waals surface area contributed by atoms with Crippen LogP contribution < -0.4 is 10.1 Å². The normalized spacial score (nSPS) is 14.2. The standard InChI is InChI=1S/C30H24F3N3O5/c1-30(2)15-36(27(37)17-5-10-22(32)23(33)11-17)14-21(28(38)39)26-25(30)20-9-8-19(12-24(20)35-26)41-29(40)34-13-16-3-6-18(31)7-4-16/h3-12,14,35H,13,15H2,1-2H3,(H,34,40)(H,38,39). The number of aromatic nitrogens is 1. The number of carbonyl (C=O) groups is 3. The number of carboxylic acids is 1. The first-order chi connectivity index (χ1) is 19.4. The number of benzene rings is 3. The third-order valence-corrected chi connectivity index (χ3v) is 6.79. The van der Waals surface area contributed by atoms with Crippen molar-refractivity contribution in [2.24, 2.45) is 0 Å². The SMILES string of the molecule is CC1(C)CN(C(=O)c2ccc(F)c(F)c2)C=C(C(=O)O)c2[nH]c3cc(OC(=O)NCc4ccc(F)cc4)ccc3c21. The molecule has 2 amide bonds. The van der Waals surface area contributed by atoms with Crippen molar-refractivity contribution in [2.45, 2.75) is 25.8 Å². The summed E-state index contributed by atoms with van der Waals surface area (Å²) in [6, 6.07) is 13.2. The van der Waals surface area contributed by atoms with Gasteiger partial charge in [0, 0.05) is 47.2 Å². The number of halogens is 3. The monoisotopic (exact) mass is 563 g/mol. The molecule has 0 bridgehead atoms. The number of aliphatic carboxylic acids is 1. The predicted octanol–water partition coefficient (Wildman–Crippen LogP) is 5.73. The Morgan fingerprint density at radius 1 is 1.00 bits per heavy atom. The molecule has 0 fully saturated rings. The van der Waals surface area contributed by atoms with Crippen LogP contribution in [0.2, 0.25) is 0 Å². The zero-order chi connectivity index (χ0) is 29.5. The molecule has 1 aromatic heterocycles. The first-order valence-corrected chi connectivity index (χ1v) is 12.5. The number of H-pyrrole nitrogens is 1. The second-order valence-electron chi connectivity index (χ2n) is 10.2. The minimum atomic E-state index is -1.31. The first-order valence-electron chi connectivity index (χ1n) is 12.5. The van der Waals surface area contributed by atoms with Crippen LogP contribution in [-0.2, 0) is 16.8 Å². The summed E-state index contributed by atoms with van der Waals surface area (Å²) in [6.07, 6.45) is 0.439. The Balaban J connectivity index is 1.44. The van der Waals surface area contributed by atoms with Crippen molar-refractivity contribution >= 4 is 34.4 Å². The quantitative estimate of drug-likeness (QED) is 0.287. The summed E-state index contributed by atoms with van der Waals surface area (Å²) >= 11 is 0. The second-order valence-corrected chi connectivity index (χ2v) is 10.2. The van der Waals surface area contributed by atoms with Gasteiger partial charge in [0.15, 0.2) is 11.6 Å². The van der Waals surface area contributed by atoms with Crippen molar-refractivity contribution in [3.8, 4) is 5.75 Å². The topological polar surface area (TPSA) is 112 Å². The third kappa shape index (κ3) is 5.51. The molecule has 0 saturated heterocycles. The lowest BCUT2D eigenvalue weighted by Gasteiger charge is -2.29. The highest BCUT2D eigenvalue weighted by molar-refractivity contribution is 6.17. The van der Waals surface area contributed by atoms with E-state index in [0.717, 1.165) is 18.2 Å². The molecule has 0 unspecified atom stereocenters. The van der Waals surface area contributed by atoms with E-state index < -0.39 is 35.0 Å². The van der Waals surface area contributed by atoms with Crippen LogP contribution >= 0.6 is 0 Å². The van der Waals surface area contributed by atoms with Gasteiger partial charge in [0.25, 0.3) is 5.91 Å². The molecule has 3 N–H and O–H groups in total. The van der Waals surface area contributed by atoms with Crippen molar-refractivity contribution < 1.29 is 37.4 Å². The molecule has 4 aromatic rings. The molecule has 41 heavy (non-hydrogen) atoms. The summed E-state index contributed by atoms with van der Waals surface area (Å²) in [7, 11) is 0. The first kappa shape index (κ1) is 27.5. The average Bonchev–Trinajstić information content (AvgIpc) is 3.25. The summed E-state index contributed by atoms with van der Waals surface area (Å²) in [4.78, 5) is 42.2. The molecular weight excluding hydrogens is 539 g/mol. The summed E-state index contributed by atoms with van der Waals surface area (Å²) in [5, 5.41) is 13.3. The number of ether oxygens (including phenoxy) is 1. The maximum atomic E-state index is 13.8. The van der Waals surface area contributed by atoms with Crippen molar-refractivity contribution in [1.82, 2.24) is 15.2 Å². The van der Waals surface area contributed by atoms with Gasteiger partial charge in [0.1, 0.15) is 11.6 Å². The molecule has 3 aromatic carbocycles. The molecule has 1 aliphatic rings. The van der Waals surface area contributed by atoms with Gasteiger partial charge in [-0.25, -0.2) is 22.8 Å². The van der Waals surface area contributed by atoms with Crippen LogP contribution in [0.4, 0.5) is 18.0 Å². The minimum absolute atomic E-state index is 0.0333. The van der Waals surface area contributed by atoms with Gasteiger partial charge in [-0.3, -0.25) is 4.79 Å². The number of rotatable bonds is 5. The summed E-state index contributed by atoms with van der Waals surface area (Å²) in [5.41, 5.74) is 0.918. The van der Waals surface area contributed by atoms with E-state index in [0.29, 0.717) is 22.0 Å². The molecule has 11 heteroatoms. The van der Waals surface area contributed by atoms with Gasteiger partial charge >= 0.3 is 12.1 Å². The molecule has 0 spiro atoms. The molecule has 5 rings (SSSR count). The Kier molecular flexibility index (Phi) is 7.04. The number of fused-ring (bicyclic) bond motifs is 3. The minimum Gasteiger partial charge on any atom is -0.478 e. The summed E-state index contributed by atoms with van der Waals surface area (Å²) in [5.74, 6) is -4.48. The number of hydrogen-bond donors (Lipinski definition) is 3. The molecular formula is C30H24F3N3O5. The number of nitrogens with zero attached hydrogens (tertiary/aromatic N) is 1.